The minimum Gasteiger partial charge on any atom is -0.497 e. The second-order valence-electron chi connectivity index (χ2n) is 6.01. The lowest BCUT2D eigenvalue weighted by Gasteiger charge is -2.54. The Labute approximate surface area is 131 Å². The normalized spacial score (nSPS) is 28.3. The van der Waals surface area contributed by atoms with Crippen molar-refractivity contribution in [3.05, 3.63) is 23.8 Å². The Balaban J connectivity index is 2.02. The van der Waals surface area contributed by atoms with Crippen LogP contribution in [0.2, 0.25) is 0 Å². The summed E-state index contributed by atoms with van der Waals surface area (Å²) < 4.78 is 11.7. The standard InChI is InChI=1S/C16H22N2O2S/c1-5-10(2)18-15(21)17-13-9-16(18,3)20-14-7-6-11(19-4)8-12(13)14/h6-8,10,13H,5,9H2,1-4H3,(H,17,21). The van der Waals surface area contributed by atoms with E-state index >= 15 is 0 Å². The highest BCUT2D eigenvalue weighted by Crippen LogP contribution is 2.45. The molecule has 0 saturated carbocycles. The SMILES string of the molecule is CCC(C)N1C(=S)NC2CC1(C)Oc1ccc(OC)cc12. The first kappa shape index (κ1) is 14.4. The summed E-state index contributed by atoms with van der Waals surface area (Å²) in [7, 11) is 1.68. The summed E-state index contributed by atoms with van der Waals surface area (Å²) in [6.45, 7) is 6.49. The van der Waals surface area contributed by atoms with E-state index in [4.69, 9.17) is 21.7 Å². The minimum atomic E-state index is -0.385. The molecule has 114 valence electrons. The molecule has 0 aliphatic carbocycles. The second-order valence-corrected chi connectivity index (χ2v) is 6.40. The molecule has 2 heterocycles. The Hall–Kier alpha value is -1.49. The second kappa shape index (κ2) is 5.05. The molecule has 3 atom stereocenters. The topological polar surface area (TPSA) is 33.7 Å². The van der Waals surface area contributed by atoms with Gasteiger partial charge in [0.05, 0.1) is 13.2 Å². The first-order valence-electron chi connectivity index (χ1n) is 7.45. The number of nitrogens with one attached hydrogen (secondary N) is 1. The van der Waals surface area contributed by atoms with Crippen LogP contribution in [0.3, 0.4) is 0 Å². The van der Waals surface area contributed by atoms with E-state index in [0.29, 0.717) is 6.04 Å². The van der Waals surface area contributed by atoms with E-state index in [1.807, 2.05) is 18.2 Å². The van der Waals surface area contributed by atoms with E-state index < -0.39 is 0 Å². The number of benzene rings is 1. The third kappa shape index (κ3) is 2.24. The van der Waals surface area contributed by atoms with E-state index in [1.165, 1.54) is 0 Å². The van der Waals surface area contributed by atoms with Gasteiger partial charge in [-0.3, -0.25) is 0 Å². The summed E-state index contributed by atoms with van der Waals surface area (Å²) in [5, 5.41) is 4.24. The van der Waals surface area contributed by atoms with Crippen molar-refractivity contribution in [2.24, 2.45) is 0 Å². The number of hydrogen-bond donors (Lipinski definition) is 1. The molecule has 0 amide bonds. The number of hydrogen-bond acceptors (Lipinski definition) is 3. The van der Waals surface area contributed by atoms with Crippen LogP contribution in [-0.4, -0.2) is 28.9 Å². The smallest absolute Gasteiger partial charge is 0.184 e. The first-order chi connectivity index (χ1) is 9.98. The van der Waals surface area contributed by atoms with Gasteiger partial charge in [-0.05, 0) is 50.7 Å². The molecule has 2 bridgehead atoms. The van der Waals surface area contributed by atoms with Crippen LogP contribution >= 0.6 is 12.2 Å². The predicted octanol–water partition coefficient (Wildman–Crippen LogP) is 3.22. The Bertz CT molecular complexity index is 577. The lowest BCUT2D eigenvalue weighted by atomic mass is 9.89. The van der Waals surface area contributed by atoms with Gasteiger partial charge in [-0.1, -0.05) is 6.92 Å². The molecule has 3 rings (SSSR count). The monoisotopic (exact) mass is 306 g/mol. The number of thiocarbonyl (C=S) groups is 1. The third-order valence-corrected chi connectivity index (χ3v) is 4.88. The average molecular weight is 306 g/mol. The Morgan fingerprint density at radius 3 is 3.00 bits per heavy atom. The van der Waals surface area contributed by atoms with Crippen molar-refractivity contribution >= 4 is 17.3 Å². The number of ether oxygens (including phenoxy) is 2. The van der Waals surface area contributed by atoms with Gasteiger partial charge in [-0.15, -0.1) is 0 Å². The zero-order valence-corrected chi connectivity index (χ0v) is 13.8. The predicted molar refractivity (Wildman–Crippen MR) is 86.7 cm³/mol. The van der Waals surface area contributed by atoms with Crippen LogP contribution in [0.4, 0.5) is 0 Å². The van der Waals surface area contributed by atoms with Crippen molar-refractivity contribution in [1.82, 2.24) is 10.2 Å². The van der Waals surface area contributed by atoms with E-state index in [2.05, 4.69) is 31.0 Å². The van der Waals surface area contributed by atoms with Gasteiger partial charge in [-0.2, -0.15) is 0 Å². The van der Waals surface area contributed by atoms with Crippen molar-refractivity contribution in [3.8, 4) is 11.5 Å². The summed E-state index contributed by atoms with van der Waals surface area (Å²) in [6.07, 6.45) is 1.90. The molecule has 1 fully saturated rings. The maximum Gasteiger partial charge on any atom is 0.184 e. The molecule has 1 aromatic carbocycles. The molecular formula is C16H22N2O2S. The van der Waals surface area contributed by atoms with Gasteiger partial charge in [0.15, 0.2) is 10.8 Å². The number of nitrogens with zero attached hydrogens (tertiary/aromatic N) is 1. The van der Waals surface area contributed by atoms with Crippen LogP contribution in [0.5, 0.6) is 11.5 Å². The van der Waals surface area contributed by atoms with Gasteiger partial charge in [0.25, 0.3) is 0 Å². The van der Waals surface area contributed by atoms with Crippen LogP contribution in [0.25, 0.3) is 0 Å². The maximum atomic E-state index is 6.34. The largest absolute Gasteiger partial charge is 0.497 e. The third-order valence-electron chi connectivity index (χ3n) is 4.56. The maximum absolute atomic E-state index is 6.34. The van der Waals surface area contributed by atoms with Crippen molar-refractivity contribution in [1.29, 1.82) is 0 Å². The minimum absolute atomic E-state index is 0.182. The molecule has 0 aromatic heterocycles. The van der Waals surface area contributed by atoms with E-state index in [9.17, 15) is 0 Å². The molecule has 4 nitrogen and oxygen atoms in total. The zero-order chi connectivity index (χ0) is 15.2. The number of fused-ring (bicyclic) bond motifs is 4. The zero-order valence-electron chi connectivity index (χ0n) is 13.0. The molecule has 1 N–H and O–H groups in total. The lowest BCUT2D eigenvalue weighted by Crippen LogP contribution is -2.66. The lowest BCUT2D eigenvalue weighted by molar-refractivity contribution is -0.0840. The molecular weight excluding hydrogens is 284 g/mol. The van der Waals surface area contributed by atoms with Crippen LogP contribution in [0.15, 0.2) is 18.2 Å². The first-order valence-corrected chi connectivity index (χ1v) is 7.86. The number of rotatable bonds is 3. The van der Waals surface area contributed by atoms with Gasteiger partial charge in [0.2, 0.25) is 0 Å². The van der Waals surface area contributed by atoms with Crippen LogP contribution in [0, 0.1) is 0 Å². The molecule has 21 heavy (non-hydrogen) atoms. The molecule has 5 heteroatoms. The molecule has 2 aliphatic rings. The fourth-order valence-electron chi connectivity index (χ4n) is 3.34. The van der Waals surface area contributed by atoms with Gasteiger partial charge < -0.3 is 19.7 Å². The highest BCUT2D eigenvalue weighted by Gasteiger charge is 2.48. The van der Waals surface area contributed by atoms with Gasteiger partial charge >= 0.3 is 0 Å². The molecule has 0 spiro atoms. The quantitative estimate of drug-likeness (QED) is 0.867. The van der Waals surface area contributed by atoms with Crippen molar-refractivity contribution in [3.63, 3.8) is 0 Å². The van der Waals surface area contributed by atoms with Crippen LogP contribution in [-0.2, 0) is 0 Å². The Kier molecular flexibility index (Phi) is 3.48. The number of methoxy groups -OCH3 is 1. The summed E-state index contributed by atoms with van der Waals surface area (Å²) in [5.41, 5.74) is 0.738. The average Bonchev–Trinajstić information content (AvgIpc) is 2.45. The fourth-order valence-corrected chi connectivity index (χ4v) is 3.86. The van der Waals surface area contributed by atoms with Crippen molar-refractivity contribution < 1.29 is 9.47 Å². The molecule has 1 aromatic rings. The van der Waals surface area contributed by atoms with Gasteiger partial charge in [0, 0.05) is 18.0 Å². The van der Waals surface area contributed by atoms with Gasteiger partial charge in [-0.25, -0.2) is 0 Å². The summed E-state index contributed by atoms with van der Waals surface area (Å²) in [5.74, 6) is 1.76. The van der Waals surface area contributed by atoms with Crippen molar-refractivity contribution in [2.45, 2.75) is 51.4 Å². The Morgan fingerprint density at radius 1 is 1.57 bits per heavy atom. The Morgan fingerprint density at radius 2 is 2.33 bits per heavy atom. The van der Waals surface area contributed by atoms with E-state index in [0.717, 1.165) is 35.0 Å². The van der Waals surface area contributed by atoms with Gasteiger partial charge in [0.1, 0.15) is 11.5 Å². The summed E-state index contributed by atoms with van der Waals surface area (Å²) >= 11 is 5.59. The molecule has 2 aliphatic heterocycles. The van der Waals surface area contributed by atoms with E-state index in [1.54, 1.807) is 7.11 Å². The van der Waals surface area contributed by atoms with E-state index in [-0.39, 0.29) is 11.8 Å². The molecule has 1 saturated heterocycles. The molecule has 3 unspecified atom stereocenters. The van der Waals surface area contributed by atoms with Crippen LogP contribution in [0.1, 0.15) is 45.2 Å². The summed E-state index contributed by atoms with van der Waals surface area (Å²) in [4.78, 5) is 2.20. The molecule has 0 radical (unpaired) electrons. The highest BCUT2D eigenvalue weighted by molar-refractivity contribution is 7.80. The fraction of sp³-hybridized carbons (Fsp3) is 0.562. The highest BCUT2D eigenvalue weighted by atomic mass is 32.1. The van der Waals surface area contributed by atoms with Crippen LogP contribution < -0.4 is 14.8 Å². The van der Waals surface area contributed by atoms with Crippen molar-refractivity contribution in [2.75, 3.05) is 7.11 Å². The summed E-state index contributed by atoms with van der Waals surface area (Å²) in [6, 6.07) is 6.49.